The predicted molar refractivity (Wildman–Crippen MR) is 128 cm³/mol. The fourth-order valence-corrected chi connectivity index (χ4v) is 4.15. The molecular formula is C26H32N2O9. The van der Waals surface area contributed by atoms with Gasteiger partial charge in [-0.1, -0.05) is 31.2 Å². The minimum Gasteiger partial charge on any atom is -0.463 e. The summed E-state index contributed by atoms with van der Waals surface area (Å²) in [5.41, 5.74) is 3.17. The van der Waals surface area contributed by atoms with Gasteiger partial charge in [-0.15, -0.1) is 0 Å². The molecule has 0 amide bonds. The minimum absolute atomic E-state index is 0.299. The summed E-state index contributed by atoms with van der Waals surface area (Å²) < 4.78 is 29.1. The first kappa shape index (κ1) is 27.9. The highest BCUT2D eigenvalue weighted by atomic mass is 16.7. The van der Waals surface area contributed by atoms with Gasteiger partial charge >= 0.3 is 23.9 Å². The zero-order valence-electron chi connectivity index (χ0n) is 21.5. The smallest absolute Gasteiger partial charge is 0.303 e. The molecule has 0 spiro atoms. The lowest BCUT2D eigenvalue weighted by Crippen LogP contribution is -2.60. The number of rotatable bonds is 9. The van der Waals surface area contributed by atoms with E-state index >= 15 is 0 Å². The Bertz CT molecular complexity index is 1110. The third kappa shape index (κ3) is 7.63. The average molecular weight is 517 g/mol. The van der Waals surface area contributed by atoms with Crippen molar-refractivity contribution < 1.29 is 42.9 Å². The van der Waals surface area contributed by atoms with Crippen LogP contribution in [-0.2, 0) is 55.7 Å². The molecule has 1 aromatic heterocycles. The Kier molecular flexibility index (Phi) is 9.40. The van der Waals surface area contributed by atoms with Gasteiger partial charge in [-0.05, 0) is 23.1 Å². The topological polar surface area (TPSA) is 132 Å². The largest absolute Gasteiger partial charge is 0.463 e. The first-order valence-corrected chi connectivity index (χ1v) is 12.0. The molecule has 2 unspecified atom stereocenters. The molecule has 0 bridgehead atoms. The van der Waals surface area contributed by atoms with Gasteiger partial charge < -0.3 is 23.7 Å². The van der Waals surface area contributed by atoms with Crippen LogP contribution in [0.3, 0.4) is 0 Å². The highest BCUT2D eigenvalue weighted by molar-refractivity contribution is 5.68. The van der Waals surface area contributed by atoms with E-state index in [0.717, 1.165) is 17.5 Å². The Hall–Kier alpha value is -3.73. The molecule has 2 heterocycles. The molecule has 3 rings (SSSR count). The third-order valence-corrected chi connectivity index (χ3v) is 5.72. The summed E-state index contributed by atoms with van der Waals surface area (Å²) in [6, 6.07) is 8.23. The van der Waals surface area contributed by atoms with E-state index in [1.165, 1.54) is 37.9 Å². The van der Waals surface area contributed by atoms with E-state index in [4.69, 9.17) is 23.7 Å². The molecule has 1 aliphatic heterocycles. The molecular weight excluding hydrogens is 484 g/mol. The second kappa shape index (κ2) is 12.5. The fourth-order valence-electron chi connectivity index (χ4n) is 4.15. The number of aryl methyl sites for hydroxylation is 1. The maximum atomic E-state index is 12.0. The maximum Gasteiger partial charge on any atom is 0.303 e. The summed E-state index contributed by atoms with van der Waals surface area (Å²) >= 11 is 0. The van der Waals surface area contributed by atoms with Crippen molar-refractivity contribution in [1.82, 2.24) is 9.78 Å². The Labute approximate surface area is 215 Å². The van der Waals surface area contributed by atoms with Gasteiger partial charge in [-0.3, -0.25) is 19.2 Å². The number of benzene rings is 1. The highest BCUT2D eigenvalue weighted by Crippen LogP contribution is 2.34. The quantitative estimate of drug-likeness (QED) is 0.361. The second-order valence-electron chi connectivity index (χ2n) is 8.77. The van der Waals surface area contributed by atoms with Gasteiger partial charge in [0, 0.05) is 40.3 Å². The van der Waals surface area contributed by atoms with E-state index in [9.17, 15) is 19.2 Å². The molecule has 0 radical (unpaired) electrons. The molecule has 200 valence electrons. The fraction of sp³-hybridized carbons (Fsp3) is 0.500. The number of aromatic nitrogens is 2. The zero-order chi connectivity index (χ0) is 27.1. The normalized spacial score (nSPS) is 23.1. The van der Waals surface area contributed by atoms with E-state index in [1.807, 2.05) is 12.1 Å². The molecule has 11 heteroatoms. The summed E-state index contributed by atoms with van der Waals surface area (Å²) in [6.07, 6.45) is -0.865. The van der Waals surface area contributed by atoms with E-state index in [2.05, 4.69) is 24.2 Å². The van der Waals surface area contributed by atoms with E-state index in [1.54, 1.807) is 12.4 Å². The first-order valence-electron chi connectivity index (χ1n) is 12.0. The zero-order valence-corrected chi connectivity index (χ0v) is 21.5. The van der Waals surface area contributed by atoms with Crippen LogP contribution < -0.4 is 0 Å². The Morgan fingerprint density at radius 1 is 0.811 bits per heavy atom. The summed E-state index contributed by atoms with van der Waals surface area (Å²) in [6.45, 7) is 6.56. The van der Waals surface area contributed by atoms with Gasteiger partial charge in [0.2, 0.25) is 0 Å². The van der Waals surface area contributed by atoms with Crippen molar-refractivity contribution in [2.45, 2.75) is 78.1 Å². The number of esters is 4. The first-order chi connectivity index (χ1) is 17.6. The molecule has 1 saturated heterocycles. The molecule has 5 atom stereocenters. The number of hydrogen-bond acceptors (Lipinski definition) is 10. The van der Waals surface area contributed by atoms with E-state index in [-0.39, 0.29) is 6.61 Å². The minimum atomic E-state index is -1.25. The van der Waals surface area contributed by atoms with E-state index < -0.39 is 54.5 Å². The van der Waals surface area contributed by atoms with Crippen LogP contribution in [0.15, 0.2) is 36.7 Å². The summed E-state index contributed by atoms with van der Waals surface area (Å²) in [4.78, 5) is 47.4. The number of nitrogens with zero attached hydrogens (tertiary/aromatic N) is 2. The van der Waals surface area contributed by atoms with Crippen LogP contribution >= 0.6 is 0 Å². The monoisotopic (exact) mass is 516 g/mol. The van der Waals surface area contributed by atoms with Crippen molar-refractivity contribution in [3.63, 3.8) is 0 Å². The third-order valence-electron chi connectivity index (χ3n) is 5.72. The summed E-state index contributed by atoms with van der Waals surface area (Å²) in [5.74, 6) is -2.63. The lowest BCUT2D eigenvalue weighted by Gasteiger charge is -2.44. The number of carbonyl (C=O) groups excluding carboxylic acids is 4. The van der Waals surface area contributed by atoms with Crippen molar-refractivity contribution in [3.8, 4) is 0 Å². The lowest BCUT2D eigenvalue weighted by atomic mass is 9.97. The molecule has 1 aromatic carbocycles. The number of carbonyl (C=O) groups is 4. The maximum absolute atomic E-state index is 12.0. The van der Waals surface area contributed by atoms with Gasteiger partial charge in [0.25, 0.3) is 0 Å². The van der Waals surface area contributed by atoms with Gasteiger partial charge in [-0.2, -0.15) is 5.10 Å². The van der Waals surface area contributed by atoms with Crippen LogP contribution in [0.2, 0.25) is 0 Å². The number of ether oxygens (including phenoxy) is 5. The van der Waals surface area contributed by atoms with Gasteiger partial charge in [-0.25, -0.2) is 4.68 Å². The molecule has 0 saturated carbocycles. The molecule has 0 N–H and O–H groups in total. The molecule has 1 fully saturated rings. The van der Waals surface area contributed by atoms with Crippen LogP contribution in [0.1, 0.15) is 57.5 Å². The summed E-state index contributed by atoms with van der Waals surface area (Å²) in [7, 11) is 0. The van der Waals surface area contributed by atoms with Crippen molar-refractivity contribution in [2.24, 2.45) is 0 Å². The van der Waals surface area contributed by atoms with Crippen molar-refractivity contribution in [3.05, 3.63) is 53.3 Å². The standard InChI is InChI=1S/C26H32N2O9/c1-6-19-7-9-20(10-8-19)11-21-12-27-28(13-21)26-25(36-18(5)32)24(35-17(4)31)23(34-16(3)30)22(37-26)14-33-15(2)29/h7-10,12-13,22-26H,6,11,14H2,1-5H3/t22-,23-,24?,25-,26?/m1/s1. The van der Waals surface area contributed by atoms with Gasteiger partial charge in [0.05, 0.1) is 6.20 Å². The van der Waals surface area contributed by atoms with Crippen LogP contribution in [0.4, 0.5) is 0 Å². The van der Waals surface area contributed by atoms with Crippen LogP contribution in [0.5, 0.6) is 0 Å². The Morgan fingerprint density at radius 2 is 1.38 bits per heavy atom. The Balaban J connectivity index is 1.96. The second-order valence-corrected chi connectivity index (χ2v) is 8.77. The SMILES string of the molecule is CCc1ccc(Cc2cnn(C3O[C@H](COC(C)=O)[C@@H](OC(C)=O)C(OC(C)=O)[C@H]3OC(C)=O)c2)cc1. The van der Waals surface area contributed by atoms with Crippen molar-refractivity contribution in [1.29, 1.82) is 0 Å². The van der Waals surface area contributed by atoms with Crippen LogP contribution in [0, 0.1) is 0 Å². The summed E-state index contributed by atoms with van der Waals surface area (Å²) in [5, 5.41) is 4.40. The molecule has 37 heavy (non-hydrogen) atoms. The number of hydrogen-bond donors (Lipinski definition) is 0. The van der Waals surface area contributed by atoms with Crippen LogP contribution in [0.25, 0.3) is 0 Å². The molecule has 0 aliphatic carbocycles. The Morgan fingerprint density at radius 3 is 1.95 bits per heavy atom. The predicted octanol–water partition coefficient (Wildman–Crippen LogP) is 2.29. The lowest BCUT2D eigenvalue weighted by molar-refractivity contribution is -0.270. The van der Waals surface area contributed by atoms with Crippen LogP contribution in [-0.4, -0.2) is 64.7 Å². The highest BCUT2D eigenvalue weighted by Gasteiger charge is 2.53. The van der Waals surface area contributed by atoms with Gasteiger partial charge in [0.15, 0.2) is 24.5 Å². The van der Waals surface area contributed by atoms with Crippen molar-refractivity contribution >= 4 is 23.9 Å². The molecule has 1 aliphatic rings. The van der Waals surface area contributed by atoms with Crippen molar-refractivity contribution in [2.75, 3.05) is 6.61 Å². The van der Waals surface area contributed by atoms with E-state index in [0.29, 0.717) is 6.42 Å². The molecule has 11 nitrogen and oxygen atoms in total. The van der Waals surface area contributed by atoms with Gasteiger partial charge in [0.1, 0.15) is 12.7 Å². The molecule has 2 aromatic rings. The average Bonchev–Trinajstić information content (AvgIpc) is 3.28.